The van der Waals surface area contributed by atoms with E-state index in [4.69, 9.17) is 0 Å². The van der Waals surface area contributed by atoms with Crippen molar-refractivity contribution in [2.45, 2.75) is 25.3 Å². The average molecular weight is 172 g/mol. The second-order valence-corrected chi connectivity index (χ2v) is 4.59. The standard InChI is InChI=1S/C8H17N2P/c1-10-6-8(2-3-8)4-7(10)5-9-11/h7,9H,2-6,11H2,1H3. The van der Waals surface area contributed by atoms with Crippen molar-refractivity contribution < 1.29 is 0 Å². The molecule has 0 radical (unpaired) electrons. The lowest BCUT2D eigenvalue weighted by molar-refractivity contribution is 0.308. The minimum atomic E-state index is 0.765. The van der Waals surface area contributed by atoms with Gasteiger partial charge in [0.25, 0.3) is 0 Å². The predicted octanol–water partition coefficient (Wildman–Crippen LogP) is 0.850. The van der Waals surface area contributed by atoms with Gasteiger partial charge in [0.2, 0.25) is 0 Å². The van der Waals surface area contributed by atoms with Crippen LogP contribution < -0.4 is 5.09 Å². The second-order valence-electron chi connectivity index (χ2n) is 4.18. The maximum absolute atomic E-state index is 3.18. The molecule has 1 saturated heterocycles. The second kappa shape index (κ2) is 2.69. The summed E-state index contributed by atoms with van der Waals surface area (Å²) in [6, 6.07) is 0.787. The van der Waals surface area contributed by atoms with Gasteiger partial charge in [0.05, 0.1) is 0 Å². The third-order valence-electron chi connectivity index (χ3n) is 3.19. The first-order valence-corrected chi connectivity index (χ1v) is 4.97. The molecule has 0 amide bonds. The largest absolute Gasteiger partial charge is 0.302 e. The maximum atomic E-state index is 3.18. The predicted molar refractivity (Wildman–Crippen MR) is 50.4 cm³/mol. The molecule has 1 aliphatic carbocycles. The number of hydrogen-bond acceptors (Lipinski definition) is 2. The molecular formula is C8H17N2P. The Balaban J connectivity index is 1.92. The molecule has 2 nitrogen and oxygen atoms in total. The van der Waals surface area contributed by atoms with Crippen LogP contribution in [0.2, 0.25) is 0 Å². The molecule has 2 rings (SSSR count). The van der Waals surface area contributed by atoms with Crippen LogP contribution in [0.15, 0.2) is 0 Å². The molecule has 0 aromatic carbocycles. The minimum Gasteiger partial charge on any atom is -0.302 e. The quantitative estimate of drug-likeness (QED) is 0.621. The fourth-order valence-corrected chi connectivity index (χ4v) is 2.55. The fourth-order valence-electron chi connectivity index (χ4n) is 2.28. The zero-order chi connectivity index (χ0) is 7.90. The molecule has 2 unspecified atom stereocenters. The van der Waals surface area contributed by atoms with Crippen LogP contribution in [0.5, 0.6) is 0 Å². The van der Waals surface area contributed by atoms with E-state index >= 15 is 0 Å². The Morgan fingerprint density at radius 3 is 2.82 bits per heavy atom. The van der Waals surface area contributed by atoms with Gasteiger partial charge in [-0.25, -0.2) is 0 Å². The molecule has 1 heterocycles. The van der Waals surface area contributed by atoms with Gasteiger partial charge in [0.15, 0.2) is 0 Å². The number of rotatable bonds is 2. The number of hydrogen-bond donors (Lipinski definition) is 1. The van der Waals surface area contributed by atoms with Gasteiger partial charge in [-0.2, -0.15) is 0 Å². The van der Waals surface area contributed by atoms with Crippen LogP contribution in [0, 0.1) is 5.41 Å². The summed E-state index contributed by atoms with van der Waals surface area (Å²) >= 11 is 0. The van der Waals surface area contributed by atoms with Crippen molar-refractivity contribution in [3.05, 3.63) is 0 Å². The number of likely N-dealkylation sites (N-methyl/N-ethyl adjacent to an activating group) is 1. The molecule has 2 aliphatic rings. The molecule has 0 aromatic heterocycles. The zero-order valence-electron chi connectivity index (χ0n) is 7.14. The number of likely N-dealkylation sites (tertiary alicyclic amines) is 1. The summed E-state index contributed by atoms with van der Waals surface area (Å²) in [5.41, 5.74) is 0.765. The van der Waals surface area contributed by atoms with E-state index in [0.717, 1.165) is 18.0 Å². The molecule has 1 saturated carbocycles. The molecule has 3 heteroatoms. The zero-order valence-corrected chi connectivity index (χ0v) is 8.29. The number of nitrogens with zero attached hydrogens (tertiary/aromatic N) is 1. The summed E-state index contributed by atoms with van der Waals surface area (Å²) in [4.78, 5) is 2.50. The van der Waals surface area contributed by atoms with Crippen LogP contribution >= 0.6 is 9.39 Å². The summed E-state index contributed by atoms with van der Waals surface area (Å²) in [6.45, 7) is 2.47. The average Bonchev–Trinajstić information content (AvgIpc) is 2.61. The van der Waals surface area contributed by atoms with E-state index in [1.54, 1.807) is 0 Å². The highest BCUT2D eigenvalue weighted by molar-refractivity contribution is 7.13. The maximum Gasteiger partial charge on any atom is 0.0226 e. The van der Waals surface area contributed by atoms with Crippen LogP contribution in [0.1, 0.15) is 19.3 Å². The lowest BCUT2D eigenvalue weighted by Gasteiger charge is -2.17. The topological polar surface area (TPSA) is 15.3 Å². The lowest BCUT2D eigenvalue weighted by Crippen LogP contribution is -2.31. The van der Waals surface area contributed by atoms with Crippen LogP contribution in [-0.2, 0) is 0 Å². The number of nitrogens with one attached hydrogen (secondary N) is 1. The van der Waals surface area contributed by atoms with Gasteiger partial charge in [0.1, 0.15) is 0 Å². The summed E-state index contributed by atoms with van der Waals surface area (Å²) in [6.07, 6.45) is 4.38. The third kappa shape index (κ3) is 1.44. The highest BCUT2D eigenvalue weighted by atomic mass is 31.0. The van der Waals surface area contributed by atoms with E-state index in [1.165, 1.54) is 25.8 Å². The van der Waals surface area contributed by atoms with Gasteiger partial charge in [-0.15, -0.1) is 0 Å². The summed E-state index contributed by atoms with van der Waals surface area (Å²) < 4.78 is 0. The van der Waals surface area contributed by atoms with Crippen molar-refractivity contribution in [2.75, 3.05) is 20.1 Å². The Hall–Kier alpha value is 0.350. The lowest BCUT2D eigenvalue weighted by atomic mass is 10.0. The van der Waals surface area contributed by atoms with Gasteiger partial charge in [-0.05, 0) is 31.7 Å². The van der Waals surface area contributed by atoms with E-state index in [0.29, 0.717) is 0 Å². The molecule has 1 spiro atoms. The third-order valence-corrected chi connectivity index (χ3v) is 3.42. The summed E-state index contributed by atoms with van der Waals surface area (Å²) in [5, 5.41) is 3.18. The Morgan fingerprint density at radius 1 is 1.64 bits per heavy atom. The fraction of sp³-hybridized carbons (Fsp3) is 1.00. The first-order valence-electron chi connectivity index (χ1n) is 4.39. The minimum absolute atomic E-state index is 0.765. The van der Waals surface area contributed by atoms with Gasteiger partial charge >= 0.3 is 0 Å². The highest BCUT2D eigenvalue weighted by Gasteiger charge is 2.50. The Bertz CT molecular complexity index is 156. The van der Waals surface area contributed by atoms with Crippen LogP contribution in [-0.4, -0.2) is 31.1 Å². The van der Waals surface area contributed by atoms with Crippen LogP contribution in [0.4, 0.5) is 0 Å². The molecule has 0 aromatic rings. The van der Waals surface area contributed by atoms with Gasteiger partial charge in [-0.1, -0.05) is 9.39 Å². The smallest absolute Gasteiger partial charge is 0.0226 e. The SMILES string of the molecule is CN1CC2(CC2)CC1CNP. The summed E-state index contributed by atoms with van der Waals surface area (Å²) in [7, 11) is 4.84. The van der Waals surface area contributed by atoms with Crippen molar-refractivity contribution in [1.29, 1.82) is 0 Å². The molecule has 2 fully saturated rings. The van der Waals surface area contributed by atoms with Crippen molar-refractivity contribution >= 4 is 9.39 Å². The molecule has 11 heavy (non-hydrogen) atoms. The van der Waals surface area contributed by atoms with Gasteiger partial charge in [0, 0.05) is 19.1 Å². The Kier molecular flexibility index (Phi) is 1.95. The summed E-state index contributed by atoms with van der Waals surface area (Å²) in [5.74, 6) is 0. The molecule has 64 valence electrons. The first kappa shape index (κ1) is 7.97. The van der Waals surface area contributed by atoms with E-state index in [-0.39, 0.29) is 0 Å². The Morgan fingerprint density at radius 2 is 2.36 bits per heavy atom. The van der Waals surface area contributed by atoms with Crippen molar-refractivity contribution in [2.24, 2.45) is 5.41 Å². The molecule has 1 N–H and O–H groups in total. The normalized spacial score (nSPS) is 34.9. The highest BCUT2D eigenvalue weighted by Crippen LogP contribution is 2.54. The van der Waals surface area contributed by atoms with Crippen molar-refractivity contribution in [3.63, 3.8) is 0 Å². The van der Waals surface area contributed by atoms with Crippen LogP contribution in [0.3, 0.4) is 0 Å². The van der Waals surface area contributed by atoms with Crippen molar-refractivity contribution in [1.82, 2.24) is 9.99 Å². The Labute approximate surface area is 71.0 Å². The van der Waals surface area contributed by atoms with E-state index in [1.807, 2.05) is 0 Å². The first-order chi connectivity index (χ1) is 5.26. The van der Waals surface area contributed by atoms with Gasteiger partial charge in [-0.3, -0.25) is 5.09 Å². The van der Waals surface area contributed by atoms with E-state index in [9.17, 15) is 0 Å². The molecule has 1 aliphatic heterocycles. The van der Waals surface area contributed by atoms with Gasteiger partial charge < -0.3 is 4.90 Å². The monoisotopic (exact) mass is 172 g/mol. The van der Waals surface area contributed by atoms with Crippen molar-refractivity contribution in [3.8, 4) is 0 Å². The van der Waals surface area contributed by atoms with Crippen LogP contribution in [0.25, 0.3) is 0 Å². The molecule has 2 atom stereocenters. The van der Waals surface area contributed by atoms with E-state index in [2.05, 4.69) is 26.4 Å². The molecule has 0 bridgehead atoms. The van der Waals surface area contributed by atoms with E-state index < -0.39 is 0 Å². The molecular weight excluding hydrogens is 155 g/mol.